The number of halogens is 2. The van der Waals surface area contributed by atoms with Crippen LogP contribution in [-0.2, 0) is 11.3 Å². The highest BCUT2D eigenvalue weighted by atomic mass is 35.5. The van der Waals surface area contributed by atoms with E-state index in [0.29, 0.717) is 35.2 Å². The first-order chi connectivity index (χ1) is 14.6. The Morgan fingerprint density at radius 1 is 1.20 bits per heavy atom. The van der Waals surface area contributed by atoms with Gasteiger partial charge in [0.15, 0.2) is 0 Å². The fourth-order valence-electron chi connectivity index (χ4n) is 4.16. The molecule has 0 saturated carbocycles. The van der Waals surface area contributed by atoms with Gasteiger partial charge in [0, 0.05) is 19.5 Å². The van der Waals surface area contributed by atoms with Crippen LogP contribution < -0.4 is 4.74 Å². The lowest BCUT2D eigenvalue weighted by atomic mass is 10.2. The Morgan fingerprint density at radius 2 is 2.03 bits per heavy atom. The van der Waals surface area contributed by atoms with Gasteiger partial charge in [0.05, 0.1) is 28.7 Å². The Labute approximate surface area is 186 Å². The molecular formula is C23H25Cl2N3O2. The van der Waals surface area contributed by atoms with Gasteiger partial charge in [-0.1, -0.05) is 41.4 Å². The first-order valence-corrected chi connectivity index (χ1v) is 11.2. The molecule has 3 aromatic rings. The maximum Gasteiger partial charge on any atom is 0.223 e. The number of aryl methyl sites for hydroxylation is 1. The molecule has 1 atom stereocenters. The van der Waals surface area contributed by atoms with Crippen molar-refractivity contribution in [1.82, 2.24) is 14.5 Å². The monoisotopic (exact) mass is 445 g/mol. The van der Waals surface area contributed by atoms with Gasteiger partial charge < -0.3 is 14.2 Å². The molecule has 1 fully saturated rings. The van der Waals surface area contributed by atoms with Gasteiger partial charge in [0.2, 0.25) is 5.91 Å². The molecule has 0 bridgehead atoms. The number of likely N-dealkylation sites (tertiary alicyclic amines) is 1. The first-order valence-electron chi connectivity index (χ1n) is 10.4. The summed E-state index contributed by atoms with van der Waals surface area (Å²) in [5.41, 5.74) is 2.11. The standard InChI is InChI=1S/C23H25Cl2N3O2/c1-2-27-18-10-4-3-9-17(18)26-23(27)19-11-6-14-28(19)21(29)13-7-15-30-20-12-5-8-16(24)22(20)25/h3-5,8-10,12,19H,2,6-7,11,13-15H2,1H3. The van der Waals surface area contributed by atoms with Crippen LogP contribution in [-0.4, -0.2) is 33.5 Å². The van der Waals surface area contributed by atoms with Crippen molar-refractivity contribution < 1.29 is 9.53 Å². The molecule has 4 rings (SSSR count). The topological polar surface area (TPSA) is 47.4 Å². The minimum Gasteiger partial charge on any atom is -0.492 e. The molecule has 0 spiro atoms. The van der Waals surface area contributed by atoms with Crippen molar-refractivity contribution in [3.05, 3.63) is 58.3 Å². The number of fused-ring (bicyclic) bond motifs is 1. The molecule has 1 aromatic heterocycles. The number of ether oxygens (including phenoxy) is 1. The third-order valence-electron chi connectivity index (χ3n) is 5.58. The van der Waals surface area contributed by atoms with Crippen LogP contribution in [0.3, 0.4) is 0 Å². The highest BCUT2D eigenvalue weighted by Gasteiger charge is 2.33. The van der Waals surface area contributed by atoms with Crippen LogP contribution in [0.4, 0.5) is 0 Å². The van der Waals surface area contributed by atoms with Gasteiger partial charge in [-0.05, 0) is 50.5 Å². The summed E-state index contributed by atoms with van der Waals surface area (Å²) in [7, 11) is 0. The molecule has 1 saturated heterocycles. The van der Waals surface area contributed by atoms with E-state index in [1.165, 1.54) is 0 Å². The van der Waals surface area contributed by atoms with Crippen LogP contribution in [0.5, 0.6) is 5.75 Å². The lowest BCUT2D eigenvalue weighted by Gasteiger charge is -2.25. The predicted molar refractivity (Wildman–Crippen MR) is 120 cm³/mol. The van der Waals surface area contributed by atoms with Crippen LogP contribution in [0.25, 0.3) is 11.0 Å². The molecule has 2 aromatic carbocycles. The van der Waals surface area contributed by atoms with Crippen LogP contribution in [0.2, 0.25) is 10.0 Å². The molecular weight excluding hydrogens is 421 g/mol. The van der Waals surface area contributed by atoms with Crippen molar-refractivity contribution in [1.29, 1.82) is 0 Å². The fourth-order valence-corrected chi connectivity index (χ4v) is 4.51. The Bertz CT molecular complexity index is 1050. The van der Waals surface area contributed by atoms with E-state index >= 15 is 0 Å². The zero-order chi connectivity index (χ0) is 21.1. The number of rotatable bonds is 7. The minimum atomic E-state index is 0.0353. The highest BCUT2D eigenvalue weighted by Crippen LogP contribution is 2.34. The predicted octanol–water partition coefficient (Wildman–Crippen LogP) is 5.89. The number of aromatic nitrogens is 2. The van der Waals surface area contributed by atoms with Crippen molar-refractivity contribution in [2.24, 2.45) is 0 Å². The Kier molecular flexibility index (Phi) is 6.49. The normalized spacial score (nSPS) is 16.4. The van der Waals surface area contributed by atoms with E-state index < -0.39 is 0 Å². The average Bonchev–Trinajstić information content (AvgIpc) is 3.38. The van der Waals surface area contributed by atoms with E-state index in [0.717, 1.165) is 42.8 Å². The smallest absolute Gasteiger partial charge is 0.223 e. The largest absolute Gasteiger partial charge is 0.492 e. The molecule has 7 heteroatoms. The van der Waals surface area contributed by atoms with Gasteiger partial charge in [-0.15, -0.1) is 0 Å². The zero-order valence-corrected chi connectivity index (χ0v) is 18.5. The second kappa shape index (κ2) is 9.27. The minimum absolute atomic E-state index is 0.0353. The number of hydrogen-bond donors (Lipinski definition) is 0. The summed E-state index contributed by atoms with van der Waals surface area (Å²) >= 11 is 12.2. The van der Waals surface area contributed by atoms with E-state index in [2.05, 4.69) is 17.6 Å². The zero-order valence-electron chi connectivity index (χ0n) is 17.0. The van der Waals surface area contributed by atoms with Crippen molar-refractivity contribution >= 4 is 40.1 Å². The molecule has 5 nitrogen and oxygen atoms in total. The second-order valence-electron chi connectivity index (χ2n) is 7.45. The number of amides is 1. The Hall–Kier alpha value is -2.24. The molecule has 0 N–H and O–H groups in total. The van der Waals surface area contributed by atoms with Crippen LogP contribution in [0.15, 0.2) is 42.5 Å². The summed E-state index contributed by atoms with van der Waals surface area (Å²) in [5.74, 6) is 1.69. The molecule has 30 heavy (non-hydrogen) atoms. The SMILES string of the molecule is CCn1c(C2CCCN2C(=O)CCCOc2cccc(Cl)c2Cl)nc2ccccc21. The molecule has 1 aliphatic heterocycles. The number of imidazole rings is 1. The average molecular weight is 446 g/mol. The van der Waals surface area contributed by atoms with Gasteiger partial charge in [-0.25, -0.2) is 4.98 Å². The number of benzene rings is 2. The Morgan fingerprint density at radius 3 is 2.87 bits per heavy atom. The van der Waals surface area contributed by atoms with Gasteiger partial charge >= 0.3 is 0 Å². The lowest BCUT2D eigenvalue weighted by molar-refractivity contribution is -0.132. The quantitative estimate of drug-likeness (QED) is 0.426. The fraction of sp³-hybridized carbons (Fsp3) is 0.391. The van der Waals surface area contributed by atoms with Gasteiger partial charge in [-0.3, -0.25) is 4.79 Å². The van der Waals surface area contributed by atoms with Crippen molar-refractivity contribution in [3.63, 3.8) is 0 Å². The number of carbonyl (C=O) groups excluding carboxylic acids is 1. The lowest BCUT2D eigenvalue weighted by Crippen LogP contribution is -2.32. The van der Waals surface area contributed by atoms with Crippen LogP contribution in [0, 0.1) is 0 Å². The van der Waals surface area contributed by atoms with Crippen molar-refractivity contribution in [2.75, 3.05) is 13.2 Å². The first kappa shape index (κ1) is 21.0. The molecule has 158 valence electrons. The highest BCUT2D eigenvalue weighted by molar-refractivity contribution is 6.42. The van der Waals surface area contributed by atoms with E-state index in [9.17, 15) is 4.79 Å². The van der Waals surface area contributed by atoms with E-state index in [1.807, 2.05) is 23.1 Å². The second-order valence-corrected chi connectivity index (χ2v) is 8.24. The summed E-state index contributed by atoms with van der Waals surface area (Å²) in [6, 6.07) is 13.5. The number of carbonyl (C=O) groups is 1. The summed E-state index contributed by atoms with van der Waals surface area (Å²) in [6.07, 6.45) is 3.00. The van der Waals surface area contributed by atoms with E-state index in [4.69, 9.17) is 32.9 Å². The van der Waals surface area contributed by atoms with Crippen molar-refractivity contribution in [3.8, 4) is 5.75 Å². The molecule has 1 amide bonds. The summed E-state index contributed by atoms with van der Waals surface area (Å²) in [5, 5.41) is 0.868. The number of nitrogens with zero attached hydrogens (tertiary/aromatic N) is 3. The van der Waals surface area contributed by atoms with Gasteiger partial charge in [-0.2, -0.15) is 0 Å². The summed E-state index contributed by atoms with van der Waals surface area (Å²) in [4.78, 5) is 19.8. The van der Waals surface area contributed by atoms with Gasteiger partial charge in [0.1, 0.15) is 16.6 Å². The number of hydrogen-bond acceptors (Lipinski definition) is 3. The number of para-hydroxylation sites is 2. The van der Waals surface area contributed by atoms with Crippen LogP contribution >= 0.6 is 23.2 Å². The molecule has 0 radical (unpaired) electrons. The van der Waals surface area contributed by atoms with Crippen LogP contribution in [0.1, 0.15) is 44.5 Å². The van der Waals surface area contributed by atoms with E-state index in [1.54, 1.807) is 18.2 Å². The molecule has 0 aliphatic carbocycles. The molecule has 2 heterocycles. The summed E-state index contributed by atoms with van der Waals surface area (Å²) in [6.45, 7) is 4.15. The third-order valence-corrected chi connectivity index (χ3v) is 6.38. The maximum atomic E-state index is 13.0. The molecule has 1 aliphatic rings. The maximum absolute atomic E-state index is 13.0. The van der Waals surface area contributed by atoms with E-state index in [-0.39, 0.29) is 11.9 Å². The summed E-state index contributed by atoms with van der Waals surface area (Å²) < 4.78 is 7.95. The third kappa shape index (κ3) is 4.14. The Balaban J connectivity index is 1.40. The van der Waals surface area contributed by atoms with Crippen molar-refractivity contribution in [2.45, 2.75) is 45.2 Å². The van der Waals surface area contributed by atoms with Gasteiger partial charge in [0.25, 0.3) is 0 Å². The molecule has 1 unspecified atom stereocenters.